The summed E-state index contributed by atoms with van der Waals surface area (Å²) >= 11 is 0. The number of hydrogen-bond donors (Lipinski definition) is 1. The summed E-state index contributed by atoms with van der Waals surface area (Å²) in [5, 5.41) is 12.6. The van der Waals surface area contributed by atoms with Gasteiger partial charge in [-0.05, 0) is 44.4 Å². The van der Waals surface area contributed by atoms with Crippen LogP contribution in [0, 0.1) is 25.2 Å². The Morgan fingerprint density at radius 3 is 2.27 bits per heavy atom. The molecule has 134 valence electrons. The molecule has 0 saturated carbocycles. The molecular formula is C22H25N3O. The molecule has 0 unspecified atom stereocenters. The second-order valence-corrected chi connectivity index (χ2v) is 6.59. The molecule has 0 aromatic heterocycles. The first kappa shape index (κ1) is 19.3. The number of benzene rings is 2. The van der Waals surface area contributed by atoms with Crippen molar-refractivity contribution in [1.29, 1.82) is 5.26 Å². The van der Waals surface area contributed by atoms with E-state index >= 15 is 0 Å². The predicted molar refractivity (Wildman–Crippen MR) is 105 cm³/mol. The number of para-hydroxylation sites is 1. The highest BCUT2D eigenvalue weighted by atomic mass is 16.2. The summed E-state index contributed by atoms with van der Waals surface area (Å²) in [5.41, 5.74) is 4.19. The first-order valence-corrected chi connectivity index (χ1v) is 8.72. The Bertz CT molecular complexity index is 812. The number of nitriles is 1. The van der Waals surface area contributed by atoms with Gasteiger partial charge in [-0.2, -0.15) is 5.26 Å². The van der Waals surface area contributed by atoms with Crippen LogP contribution in [-0.2, 0) is 11.3 Å². The number of hydrogen-bond acceptors (Lipinski definition) is 3. The summed E-state index contributed by atoms with van der Waals surface area (Å²) in [6, 6.07) is 17.8. The van der Waals surface area contributed by atoms with Crippen molar-refractivity contribution in [2.24, 2.45) is 0 Å². The van der Waals surface area contributed by atoms with Crippen LogP contribution in [0.25, 0.3) is 0 Å². The van der Waals surface area contributed by atoms with Crippen LogP contribution in [0.4, 0.5) is 5.69 Å². The fourth-order valence-corrected chi connectivity index (χ4v) is 2.75. The highest BCUT2D eigenvalue weighted by molar-refractivity contribution is 5.97. The molecule has 0 bridgehead atoms. The van der Waals surface area contributed by atoms with Crippen LogP contribution in [-0.4, -0.2) is 16.8 Å². The molecule has 26 heavy (non-hydrogen) atoms. The lowest BCUT2D eigenvalue weighted by atomic mass is 10.1. The van der Waals surface area contributed by atoms with Gasteiger partial charge in [0.05, 0.1) is 0 Å². The molecule has 2 rings (SSSR count). The molecule has 0 atom stereocenters. The molecule has 1 N–H and O–H groups in total. The van der Waals surface area contributed by atoms with Crippen molar-refractivity contribution in [2.45, 2.75) is 40.3 Å². The predicted octanol–water partition coefficient (Wildman–Crippen LogP) is 4.56. The van der Waals surface area contributed by atoms with Gasteiger partial charge in [-0.1, -0.05) is 48.5 Å². The van der Waals surface area contributed by atoms with E-state index in [2.05, 4.69) is 5.32 Å². The maximum atomic E-state index is 12.9. The summed E-state index contributed by atoms with van der Waals surface area (Å²) in [6.07, 6.45) is 1.51. The Morgan fingerprint density at radius 1 is 1.12 bits per heavy atom. The Morgan fingerprint density at radius 2 is 1.73 bits per heavy atom. The van der Waals surface area contributed by atoms with E-state index < -0.39 is 0 Å². The summed E-state index contributed by atoms with van der Waals surface area (Å²) in [7, 11) is 0. The van der Waals surface area contributed by atoms with Gasteiger partial charge in [-0.3, -0.25) is 4.79 Å². The van der Waals surface area contributed by atoms with Crippen molar-refractivity contribution in [2.75, 3.05) is 5.32 Å². The quantitative estimate of drug-likeness (QED) is 0.615. The lowest BCUT2D eigenvalue weighted by Crippen LogP contribution is -2.37. The third kappa shape index (κ3) is 4.73. The molecule has 2 aromatic rings. The van der Waals surface area contributed by atoms with Crippen molar-refractivity contribution < 1.29 is 4.79 Å². The summed E-state index contributed by atoms with van der Waals surface area (Å²) in [4.78, 5) is 14.6. The van der Waals surface area contributed by atoms with Crippen LogP contribution in [0.15, 0.2) is 60.3 Å². The van der Waals surface area contributed by atoms with Crippen LogP contribution >= 0.6 is 0 Å². The number of anilines is 1. The standard InChI is InChI=1S/C22H25N3O/c1-16(2)25(15-19-11-6-5-7-12-19)22(26)20(13-23)14-24-21-17(3)9-8-10-18(21)4/h5-12,14,16,24H,15H2,1-4H3/b20-14-. The maximum Gasteiger partial charge on any atom is 0.266 e. The van der Waals surface area contributed by atoms with Crippen molar-refractivity contribution in [1.82, 2.24) is 4.90 Å². The van der Waals surface area contributed by atoms with Gasteiger partial charge < -0.3 is 10.2 Å². The molecule has 0 heterocycles. The number of aryl methyl sites for hydroxylation is 2. The van der Waals surface area contributed by atoms with E-state index in [1.165, 1.54) is 6.20 Å². The zero-order valence-corrected chi connectivity index (χ0v) is 15.8. The maximum absolute atomic E-state index is 12.9. The third-order valence-corrected chi connectivity index (χ3v) is 4.27. The van der Waals surface area contributed by atoms with Gasteiger partial charge >= 0.3 is 0 Å². The molecule has 0 aliphatic carbocycles. The molecule has 0 aliphatic rings. The first-order valence-electron chi connectivity index (χ1n) is 8.72. The molecule has 0 spiro atoms. The van der Waals surface area contributed by atoms with Gasteiger partial charge in [-0.25, -0.2) is 0 Å². The van der Waals surface area contributed by atoms with E-state index in [4.69, 9.17) is 0 Å². The van der Waals surface area contributed by atoms with Crippen LogP contribution in [0.3, 0.4) is 0 Å². The van der Waals surface area contributed by atoms with E-state index in [0.29, 0.717) is 6.54 Å². The van der Waals surface area contributed by atoms with E-state index in [9.17, 15) is 10.1 Å². The van der Waals surface area contributed by atoms with Crippen LogP contribution in [0.1, 0.15) is 30.5 Å². The molecule has 2 aromatic carbocycles. The van der Waals surface area contributed by atoms with Gasteiger partial charge in [0, 0.05) is 24.5 Å². The zero-order chi connectivity index (χ0) is 19.1. The monoisotopic (exact) mass is 347 g/mol. The van der Waals surface area contributed by atoms with Crippen molar-refractivity contribution in [3.8, 4) is 6.07 Å². The molecule has 4 heteroatoms. The summed E-state index contributed by atoms with van der Waals surface area (Å²) in [5.74, 6) is -0.273. The second kappa shape index (κ2) is 8.87. The Hall–Kier alpha value is -3.06. The molecule has 1 amide bonds. The van der Waals surface area contributed by atoms with E-state index in [1.54, 1.807) is 4.90 Å². The number of rotatable bonds is 6. The molecule has 0 saturated heterocycles. The van der Waals surface area contributed by atoms with Gasteiger partial charge in [0.25, 0.3) is 5.91 Å². The lowest BCUT2D eigenvalue weighted by Gasteiger charge is -2.26. The van der Waals surface area contributed by atoms with E-state index in [0.717, 1.165) is 22.4 Å². The SMILES string of the molecule is Cc1cccc(C)c1N/C=C(/C#N)C(=O)N(Cc1ccccc1)C(C)C. The highest BCUT2D eigenvalue weighted by Crippen LogP contribution is 2.20. The fourth-order valence-electron chi connectivity index (χ4n) is 2.75. The number of amides is 1. The van der Waals surface area contributed by atoms with E-state index in [-0.39, 0.29) is 17.5 Å². The van der Waals surface area contributed by atoms with Gasteiger partial charge in [0.2, 0.25) is 0 Å². The Labute approximate surface area is 155 Å². The van der Waals surface area contributed by atoms with Crippen molar-refractivity contribution >= 4 is 11.6 Å². The number of carbonyl (C=O) groups is 1. The van der Waals surface area contributed by atoms with Gasteiger partial charge in [-0.15, -0.1) is 0 Å². The zero-order valence-electron chi connectivity index (χ0n) is 15.8. The van der Waals surface area contributed by atoms with E-state index in [1.807, 2.05) is 82.3 Å². The summed E-state index contributed by atoms with van der Waals surface area (Å²) < 4.78 is 0. The number of nitrogens with zero attached hydrogens (tertiary/aromatic N) is 2. The summed E-state index contributed by atoms with van der Waals surface area (Å²) in [6.45, 7) is 8.36. The van der Waals surface area contributed by atoms with Crippen molar-refractivity contribution in [3.05, 3.63) is 77.0 Å². The number of nitrogens with one attached hydrogen (secondary N) is 1. The normalized spacial score (nSPS) is 11.2. The van der Waals surface area contributed by atoms with Gasteiger partial charge in [0.1, 0.15) is 11.6 Å². The Balaban J connectivity index is 2.23. The molecule has 0 radical (unpaired) electrons. The van der Waals surface area contributed by atoms with Crippen molar-refractivity contribution in [3.63, 3.8) is 0 Å². The molecule has 0 aliphatic heterocycles. The first-order chi connectivity index (χ1) is 12.4. The van der Waals surface area contributed by atoms with Gasteiger partial charge in [0.15, 0.2) is 0 Å². The molecular weight excluding hydrogens is 322 g/mol. The minimum absolute atomic E-state index is 0.0142. The average molecular weight is 347 g/mol. The van der Waals surface area contributed by atoms with Crippen LogP contribution in [0.2, 0.25) is 0 Å². The third-order valence-electron chi connectivity index (χ3n) is 4.27. The largest absolute Gasteiger partial charge is 0.360 e. The second-order valence-electron chi connectivity index (χ2n) is 6.59. The minimum atomic E-state index is -0.273. The fraction of sp³-hybridized carbons (Fsp3) is 0.273. The number of carbonyl (C=O) groups excluding carboxylic acids is 1. The minimum Gasteiger partial charge on any atom is -0.360 e. The van der Waals surface area contributed by atoms with Crippen LogP contribution < -0.4 is 5.32 Å². The Kier molecular flexibility index (Phi) is 6.57. The average Bonchev–Trinajstić information content (AvgIpc) is 2.62. The van der Waals surface area contributed by atoms with Crippen LogP contribution in [0.5, 0.6) is 0 Å². The topological polar surface area (TPSA) is 56.1 Å². The smallest absolute Gasteiger partial charge is 0.266 e. The molecule has 0 fully saturated rings. The lowest BCUT2D eigenvalue weighted by molar-refractivity contribution is -0.129. The molecule has 4 nitrogen and oxygen atoms in total. The highest BCUT2D eigenvalue weighted by Gasteiger charge is 2.21.